The summed E-state index contributed by atoms with van der Waals surface area (Å²) < 4.78 is 0. The van der Waals surface area contributed by atoms with Crippen LogP contribution in [-0.2, 0) is 4.79 Å². The monoisotopic (exact) mass is 156 g/mol. The number of nitrogens with one attached hydrogen (secondary N) is 2. The molecule has 0 fully saturated rings. The van der Waals surface area contributed by atoms with Gasteiger partial charge in [-0.25, -0.2) is 5.43 Å². The summed E-state index contributed by atoms with van der Waals surface area (Å²) in [7, 11) is 0. The zero-order valence-electron chi connectivity index (χ0n) is 7.56. The highest BCUT2D eigenvalue weighted by Gasteiger charge is 1.82. The summed E-state index contributed by atoms with van der Waals surface area (Å²) in [5, 5.41) is 0. The van der Waals surface area contributed by atoms with Crippen molar-refractivity contribution in [2.75, 3.05) is 0 Å². The quantitative estimate of drug-likeness (QED) is 0.351. The number of terminal acetylenes is 1. The molecule has 0 unspecified atom stereocenters. The summed E-state index contributed by atoms with van der Waals surface area (Å²) in [4.78, 5) is 9.44. The van der Waals surface area contributed by atoms with Gasteiger partial charge in [0.2, 0.25) is 0 Å². The number of rotatable bonds is 2. The predicted molar refractivity (Wildman–Crippen MR) is 46.6 cm³/mol. The fourth-order valence-corrected chi connectivity index (χ4v) is 0.186. The van der Waals surface area contributed by atoms with Gasteiger partial charge in [-0.1, -0.05) is 6.42 Å². The molecular formula is C8H16N2O. The molecule has 11 heavy (non-hydrogen) atoms. The van der Waals surface area contributed by atoms with Gasteiger partial charge in [0.05, 0.1) is 0 Å². The number of hydrogen-bond donors (Lipinski definition) is 2. The van der Waals surface area contributed by atoms with Crippen molar-refractivity contribution in [3.8, 4) is 12.5 Å². The molecule has 0 aromatic heterocycles. The van der Waals surface area contributed by atoms with Crippen LogP contribution in [0.4, 0.5) is 0 Å². The Morgan fingerprint density at radius 1 is 1.45 bits per heavy atom. The normalized spacial score (nSPS) is 7.64. The fourth-order valence-electron chi connectivity index (χ4n) is 0.186. The minimum atomic E-state index is 0.167. The molecule has 0 rings (SSSR count). The van der Waals surface area contributed by atoms with Crippen molar-refractivity contribution in [3.63, 3.8) is 0 Å². The van der Waals surface area contributed by atoms with Crippen LogP contribution in [-0.4, -0.2) is 11.8 Å². The van der Waals surface area contributed by atoms with E-state index in [-0.39, 0.29) is 5.78 Å². The molecule has 0 aliphatic rings. The van der Waals surface area contributed by atoms with Gasteiger partial charge in [-0.3, -0.25) is 5.43 Å². The number of hydrogen-bond acceptors (Lipinski definition) is 3. The molecule has 64 valence electrons. The van der Waals surface area contributed by atoms with Gasteiger partial charge in [0.15, 0.2) is 0 Å². The van der Waals surface area contributed by atoms with Crippen LogP contribution in [0, 0.1) is 12.5 Å². The lowest BCUT2D eigenvalue weighted by Gasteiger charge is -2.02. The third-order valence-corrected chi connectivity index (χ3v) is 0.433. The van der Waals surface area contributed by atoms with Crippen LogP contribution < -0.4 is 10.9 Å². The number of carbonyl (C=O) groups excluding carboxylic acids is 1. The lowest BCUT2D eigenvalue weighted by molar-refractivity contribution is -0.114. The van der Waals surface area contributed by atoms with Gasteiger partial charge in [-0.15, -0.1) is 0 Å². The number of Topliss-reactive ketones (excluding diaryl/α,β-unsaturated/α-hetero) is 1. The highest BCUT2D eigenvalue weighted by atomic mass is 16.1. The number of carbonyl (C=O) groups is 1. The lowest BCUT2D eigenvalue weighted by Crippen LogP contribution is -2.33. The number of hydrazine groups is 1. The largest absolute Gasteiger partial charge is 0.300 e. The molecule has 0 bridgehead atoms. The minimum Gasteiger partial charge on any atom is -0.300 e. The highest BCUT2D eigenvalue weighted by Crippen LogP contribution is 1.67. The summed E-state index contributed by atoms with van der Waals surface area (Å²) in [5.74, 6) is 0.167. The molecule has 0 saturated heterocycles. The van der Waals surface area contributed by atoms with Gasteiger partial charge >= 0.3 is 0 Å². The van der Waals surface area contributed by atoms with Crippen molar-refractivity contribution in [3.05, 3.63) is 0 Å². The van der Waals surface area contributed by atoms with Gasteiger partial charge in [0, 0.05) is 12.1 Å². The van der Waals surface area contributed by atoms with Crippen LogP contribution in [0.1, 0.15) is 27.7 Å². The maximum Gasteiger partial charge on any atom is 0.126 e. The third-order valence-electron chi connectivity index (χ3n) is 0.433. The van der Waals surface area contributed by atoms with E-state index < -0.39 is 0 Å². The third kappa shape index (κ3) is 49.1. The molecular weight excluding hydrogens is 140 g/mol. The van der Waals surface area contributed by atoms with Gasteiger partial charge in [-0.2, -0.15) is 0 Å². The van der Waals surface area contributed by atoms with Gasteiger partial charge in [0.25, 0.3) is 0 Å². The second kappa shape index (κ2) is 8.99. The average Bonchev–Trinajstić information content (AvgIpc) is 1.82. The van der Waals surface area contributed by atoms with Crippen molar-refractivity contribution in [1.82, 2.24) is 10.9 Å². The maximum atomic E-state index is 9.44. The SMILES string of the molecule is C#CNNC(C)C.CC(C)=O. The molecule has 0 aromatic carbocycles. The van der Waals surface area contributed by atoms with Crippen molar-refractivity contribution in [2.24, 2.45) is 0 Å². The van der Waals surface area contributed by atoms with E-state index in [2.05, 4.69) is 16.9 Å². The zero-order valence-corrected chi connectivity index (χ0v) is 7.56. The predicted octanol–water partition coefficient (Wildman–Crippen LogP) is 0.675. The van der Waals surface area contributed by atoms with Crippen LogP contribution in [0.3, 0.4) is 0 Å². The van der Waals surface area contributed by atoms with Crippen LogP contribution in [0.5, 0.6) is 0 Å². The highest BCUT2D eigenvalue weighted by molar-refractivity contribution is 5.72. The molecule has 0 atom stereocenters. The Bertz CT molecular complexity index is 132. The van der Waals surface area contributed by atoms with E-state index in [1.807, 2.05) is 13.8 Å². The second-order valence-electron chi connectivity index (χ2n) is 2.48. The first-order valence-electron chi connectivity index (χ1n) is 3.44. The first-order chi connectivity index (χ1) is 5.00. The van der Waals surface area contributed by atoms with E-state index in [0.29, 0.717) is 6.04 Å². The molecule has 0 spiro atoms. The van der Waals surface area contributed by atoms with E-state index in [0.717, 1.165) is 0 Å². The Labute approximate surface area is 68.5 Å². The van der Waals surface area contributed by atoms with Crippen LogP contribution in [0.15, 0.2) is 0 Å². The summed E-state index contributed by atoms with van der Waals surface area (Å²) in [6, 6.07) is 2.64. The first-order valence-corrected chi connectivity index (χ1v) is 3.44. The molecule has 2 N–H and O–H groups in total. The van der Waals surface area contributed by atoms with Crippen molar-refractivity contribution < 1.29 is 4.79 Å². The summed E-state index contributed by atoms with van der Waals surface area (Å²) in [6.07, 6.45) is 4.85. The minimum absolute atomic E-state index is 0.167. The Morgan fingerprint density at radius 3 is 1.91 bits per heavy atom. The summed E-state index contributed by atoms with van der Waals surface area (Å²) in [6.45, 7) is 7.06. The molecule has 0 aliphatic heterocycles. The summed E-state index contributed by atoms with van der Waals surface area (Å²) in [5.41, 5.74) is 5.33. The molecule has 3 heteroatoms. The van der Waals surface area contributed by atoms with E-state index >= 15 is 0 Å². The molecule has 0 heterocycles. The van der Waals surface area contributed by atoms with Crippen molar-refractivity contribution >= 4 is 5.78 Å². The zero-order chi connectivity index (χ0) is 9.28. The molecule has 0 amide bonds. The van der Waals surface area contributed by atoms with Gasteiger partial charge < -0.3 is 4.79 Å². The number of ketones is 1. The van der Waals surface area contributed by atoms with Crippen LogP contribution in [0.2, 0.25) is 0 Å². The molecule has 0 aromatic rings. The van der Waals surface area contributed by atoms with Crippen molar-refractivity contribution in [1.29, 1.82) is 0 Å². The van der Waals surface area contributed by atoms with E-state index in [9.17, 15) is 4.79 Å². The fraction of sp³-hybridized carbons (Fsp3) is 0.625. The standard InChI is InChI=1S/C5H10N2.C3H6O/c1-4-6-7-5(2)3;1-3(2)4/h1,5-7H,2-3H3;1-2H3. The second-order valence-corrected chi connectivity index (χ2v) is 2.48. The Kier molecular flexibility index (Phi) is 10.3. The van der Waals surface area contributed by atoms with E-state index in [4.69, 9.17) is 6.42 Å². The van der Waals surface area contributed by atoms with Crippen molar-refractivity contribution in [2.45, 2.75) is 33.7 Å². The van der Waals surface area contributed by atoms with Gasteiger partial charge in [-0.05, 0) is 27.7 Å². The van der Waals surface area contributed by atoms with E-state index in [1.165, 1.54) is 13.8 Å². The molecule has 0 aliphatic carbocycles. The Morgan fingerprint density at radius 2 is 1.82 bits per heavy atom. The Hall–Kier alpha value is -1.01. The topological polar surface area (TPSA) is 41.1 Å². The van der Waals surface area contributed by atoms with Gasteiger partial charge in [0.1, 0.15) is 5.78 Å². The average molecular weight is 156 g/mol. The Balaban J connectivity index is 0. The van der Waals surface area contributed by atoms with E-state index in [1.54, 1.807) is 0 Å². The lowest BCUT2D eigenvalue weighted by atomic mass is 10.4. The molecule has 0 radical (unpaired) electrons. The molecule has 0 saturated carbocycles. The first kappa shape index (κ1) is 12.6. The molecule has 3 nitrogen and oxygen atoms in total. The van der Waals surface area contributed by atoms with Crippen LogP contribution in [0.25, 0.3) is 0 Å². The van der Waals surface area contributed by atoms with Crippen LogP contribution >= 0.6 is 0 Å². The summed E-state index contributed by atoms with van der Waals surface area (Å²) >= 11 is 0. The maximum absolute atomic E-state index is 9.44. The smallest absolute Gasteiger partial charge is 0.126 e.